The molecular weight excluding hydrogens is 262 g/mol. The summed E-state index contributed by atoms with van der Waals surface area (Å²) in [4.78, 5) is 8.00. The average molecular weight is 281 g/mol. The number of aryl methyl sites for hydroxylation is 1. The zero-order chi connectivity index (χ0) is 15.4. The van der Waals surface area contributed by atoms with E-state index in [2.05, 4.69) is 48.9 Å². The van der Waals surface area contributed by atoms with Crippen molar-refractivity contribution >= 4 is 17.7 Å². The van der Waals surface area contributed by atoms with Crippen LogP contribution in [0.25, 0.3) is 22.0 Å². The number of benzene rings is 2. The molecule has 0 saturated carbocycles. The molecule has 0 aliphatic rings. The predicted molar refractivity (Wildman–Crippen MR) is 86.1 cm³/mol. The van der Waals surface area contributed by atoms with Crippen LogP contribution in [-0.4, -0.2) is 16.5 Å². The van der Waals surface area contributed by atoms with Gasteiger partial charge >= 0.3 is 0 Å². The first kappa shape index (κ1) is 15.0. The first-order valence-electron chi connectivity index (χ1n) is 6.76. The van der Waals surface area contributed by atoms with Crippen molar-refractivity contribution in [2.45, 2.75) is 13.5 Å². The second-order valence-electron chi connectivity index (χ2n) is 4.85. The van der Waals surface area contributed by atoms with E-state index in [0.717, 1.165) is 11.1 Å². The SMILES string of the molecule is C=O.Cc1c(-c2ccccc2CO)c2ccccc2n1C. The van der Waals surface area contributed by atoms with E-state index in [9.17, 15) is 5.11 Å². The number of fused-ring (bicyclic) bond motifs is 1. The fourth-order valence-corrected chi connectivity index (χ4v) is 2.76. The van der Waals surface area contributed by atoms with Crippen LogP contribution in [0.2, 0.25) is 0 Å². The summed E-state index contributed by atoms with van der Waals surface area (Å²) in [5.74, 6) is 0. The number of aromatic nitrogens is 1. The molecule has 0 saturated heterocycles. The molecule has 0 spiro atoms. The maximum atomic E-state index is 9.54. The molecule has 0 aliphatic carbocycles. The Bertz CT molecular complexity index is 759. The molecule has 0 aliphatic heterocycles. The summed E-state index contributed by atoms with van der Waals surface area (Å²) in [5.41, 5.74) is 5.77. The minimum absolute atomic E-state index is 0.0683. The molecule has 3 aromatic rings. The van der Waals surface area contributed by atoms with Crippen LogP contribution in [0.4, 0.5) is 0 Å². The molecule has 0 unspecified atom stereocenters. The molecule has 1 N–H and O–H groups in total. The van der Waals surface area contributed by atoms with Crippen molar-refractivity contribution in [1.29, 1.82) is 0 Å². The molecule has 3 rings (SSSR count). The molecule has 0 fully saturated rings. The molecule has 3 nitrogen and oxygen atoms in total. The Kier molecular flexibility index (Phi) is 4.55. The van der Waals surface area contributed by atoms with Gasteiger partial charge in [0.15, 0.2) is 0 Å². The molecular formula is C18H19NO2. The molecule has 21 heavy (non-hydrogen) atoms. The second-order valence-corrected chi connectivity index (χ2v) is 4.85. The van der Waals surface area contributed by atoms with Crippen molar-refractivity contribution in [1.82, 2.24) is 4.57 Å². The maximum absolute atomic E-state index is 9.54. The lowest BCUT2D eigenvalue weighted by Crippen LogP contribution is -1.93. The molecule has 1 aromatic heterocycles. The van der Waals surface area contributed by atoms with Crippen molar-refractivity contribution in [3.63, 3.8) is 0 Å². The van der Waals surface area contributed by atoms with Crippen molar-refractivity contribution in [2.24, 2.45) is 7.05 Å². The number of hydrogen-bond donors (Lipinski definition) is 1. The van der Waals surface area contributed by atoms with Crippen LogP contribution in [0.15, 0.2) is 48.5 Å². The van der Waals surface area contributed by atoms with Crippen LogP contribution in [0, 0.1) is 6.92 Å². The van der Waals surface area contributed by atoms with Gasteiger partial charge in [0.25, 0.3) is 0 Å². The third kappa shape index (κ3) is 2.48. The van der Waals surface area contributed by atoms with Crippen molar-refractivity contribution < 1.29 is 9.90 Å². The fourth-order valence-electron chi connectivity index (χ4n) is 2.76. The summed E-state index contributed by atoms with van der Waals surface area (Å²) >= 11 is 0. The van der Waals surface area contributed by atoms with E-state index in [4.69, 9.17) is 4.79 Å². The van der Waals surface area contributed by atoms with Gasteiger partial charge in [-0.1, -0.05) is 42.5 Å². The zero-order valence-electron chi connectivity index (χ0n) is 12.3. The van der Waals surface area contributed by atoms with Crippen LogP contribution >= 0.6 is 0 Å². The van der Waals surface area contributed by atoms with Crippen LogP contribution in [0.5, 0.6) is 0 Å². The highest BCUT2D eigenvalue weighted by molar-refractivity contribution is 5.98. The Balaban J connectivity index is 0.000000774. The molecule has 1 heterocycles. The lowest BCUT2D eigenvalue weighted by molar-refractivity contribution is -0.0979. The predicted octanol–water partition coefficient (Wildman–Crippen LogP) is 3.46. The Labute approximate surface area is 124 Å². The number of carbonyl (C=O) groups is 1. The molecule has 0 bridgehead atoms. The Morgan fingerprint density at radius 2 is 1.67 bits per heavy atom. The van der Waals surface area contributed by atoms with E-state index in [0.29, 0.717) is 0 Å². The minimum Gasteiger partial charge on any atom is -0.392 e. The first-order chi connectivity index (χ1) is 10.2. The number of aliphatic hydroxyl groups is 1. The number of carbonyl (C=O) groups excluding carboxylic acids is 1. The smallest absolute Gasteiger partial charge is 0.106 e. The van der Waals surface area contributed by atoms with E-state index in [1.54, 1.807) is 0 Å². The maximum Gasteiger partial charge on any atom is 0.106 e. The summed E-state index contributed by atoms with van der Waals surface area (Å²) in [5, 5.41) is 10.8. The van der Waals surface area contributed by atoms with Gasteiger partial charge in [-0.2, -0.15) is 0 Å². The first-order valence-corrected chi connectivity index (χ1v) is 6.76. The summed E-state index contributed by atoms with van der Waals surface area (Å²) < 4.78 is 2.21. The molecule has 108 valence electrons. The third-order valence-electron chi connectivity index (χ3n) is 3.86. The van der Waals surface area contributed by atoms with Crippen LogP contribution in [0.1, 0.15) is 11.3 Å². The van der Waals surface area contributed by atoms with E-state index in [1.165, 1.54) is 22.2 Å². The lowest BCUT2D eigenvalue weighted by Gasteiger charge is -2.08. The van der Waals surface area contributed by atoms with Crippen LogP contribution in [-0.2, 0) is 18.4 Å². The van der Waals surface area contributed by atoms with Gasteiger partial charge in [-0.15, -0.1) is 0 Å². The van der Waals surface area contributed by atoms with Gasteiger partial charge in [-0.25, -0.2) is 0 Å². The number of aliphatic hydroxyl groups excluding tert-OH is 1. The number of nitrogens with zero attached hydrogens (tertiary/aromatic N) is 1. The van der Waals surface area contributed by atoms with Crippen LogP contribution < -0.4 is 0 Å². The highest BCUT2D eigenvalue weighted by atomic mass is 16.3. The summed E-state index contributed by atoms with van der Waals surface area (Å²) in [6.07, 6.45) is 0. The van der Waals surface area contributed by atoms with Gasteiger partial charge in [-0.05, 0) is 24.1 Å². The quantitative estimate of drug-likeness (QED) is 0.781. The number of hydrogen-bond acceptors (Lipinski definition) is 2. The van der Waals surface area contributed by atoms with Gasteiger partial charge in [0.1, 0.15) is 6.79 Å². The zero-order valence-corrected chi connectivity index (χ0v) is 12.3. The Morgan fingerprint density at radius 1 is 1.05 bits per heavy atom. The van der Waals surface area contributed by atoms with Crippen molar-refractivity contribution in [2.75, 3.05) is 0 Å². The Hall–Kier alpha value is -2.39. The van der Waals surface area contributed by atoms with Crippen molar-refractivity contribution in [3.05, 3.63) is 59.8 Å². The fraction of sp³-hybridized carbons (Fsp3) is 0.167. The molecule has 2 aromatic carbocycles. The van der Waals surface area contributed by atoms with Gasteiger partial charge in [0, 0.05) is 29.2 Å². The van der Waals surface area contributed by atoms with Gasteiger partial charge < -0.3 is 14.5 Å². The summed E-state index contributed by atoms with van der Waals surface area (Å²) in [7, 11) is 2.09. The highest BCUT2D eigenvalue weighted by Gasteiger charge is 2.15. The van der Waals surface area contributed by atoms with Gasteiger partial charge in [-0.3, -0.25) is 0 Å². The van der Waals surface area contributed by atoms with Crippen LogP contribution in [0.3, 0.4) is 0 Å². The van der Waals surface area contributed by atoms with Crippen molar-refractivity contribution in [3.8, 4) is 11.1 Å². The Morgan fingerprint density at radius 3 is 2.38 bits per heavy atom. The van der Waals surface area contributed by atoms with E-state index >= 15 is 0 Å². The molecule has 0 radical (unpaired) electrons. The second kappa shape index (κ2) is 6.37. The lowest BCUT2D eigenvalue weighted by atomic mass is 9.97. The van der Waals surface area contributed by atoms with Gasteiger partial charge in [0.2, 0.25) is 0 Å². The number of rotatable bonds is 2. The largest absolute Gasteiger partial charge is 0.392 e. The number of para-hydroxylation sites is 1. The van der Waals surface area contributed by atoms with E-state index in [-0.39, 0.29) is 6.61 Å². The van der Waals surface area contributed by atoms with E-state index < -0.39 is 0 Å². The highest BCUT2D eigenvalue weighted by Crippen LogP contribution is 2.35. The molecule has 0 amide bonds. The summed E-state index contributed by atoms with van der Waals surface area (Å²) in [6.45, 7) is 4.20. The average Bonchev–Trinajstić information content (AvgIpc) is 2.81. The van der Waals surface area contributed by atoms with Gasteiger partial charge in [0.05, 0.1) is 6.61 Å². The topological polar surface area (TPSA) is 42.2 Å². The van der Waals surface area contributed by atoms with E-state index in [1.807, 2.05) is 25.0 Å². The standard InChI is InChI=1S/C17H17NO.CH2O/c1-12-17(14-8-4-3-7-13(14)11-19)15-9-5-6-10-16(15)18(12)2;1-2/h3-10,19H,11H2,1-2H3;1H2. The minimum atomic E-state index is 0.0683. The third-order valence-corrected chi connectivity index (χ3v) is 3.86. The monoisotopic (exact) mass is 281 g/mol. The molecule has 0 atom stereocenters. The molecule has 3 heteroatoms. The summed E-state index contributed by atoms with van der Waals surface area (Å²) in [6, 6.07) is 16.5. The normalized spacial score (nSPS) is 10.2.